The first-order valence-electron chi connectivity index (χ1n) is 7.53. The van der Waals surface area contributed by atoms with Crippen LogP contribution in [-0.2, 0) is 11.2 Å². The zero-order valence-corrected chi connectivity index (χ0v) is 13.5. The van der Waals surface area contributed by atoms with Crippen LogP contribution in [0.5, 0.6) is 5.75 Å². The van der Waals surface area contributed by atoms with Crippen LogP contribution in [-0.4, -0.2) is 30.3 Å². The van der Waals surface area contributed by atoms with Gasteiger partial charge in [0.15, 0.2) is 0 Å². The Morgan fingerprint density at radius 3 is 2.48 bits per heavy atom. The van der Waals surface area contributed by atoms with E-state index in [0.717, 1.165) is 19.4 Å². The molecular weight excluding hydrogens is 266 g/mol. The number of ether oxygens (including phenoxy) is 1. The molecule has 2 N–H and O–H groups in total. The number of carboxylic acids is 1. The second kappa shape index (κ2) is 8.03. The Kier molecular flexibility index (Phi) is 6.69. The Bertz CT molecular complexity index is 440. The molecular formula is C17H27NO3. The topological polar surface area (TPSA) is 58.6 Å². The molecule has 0 radical (unpaired) electrons. The maximum Gasteiger partial charge on any atom is 0.312 e. The summed E-state index contributed by atoms with van der Waals surface area (Å²) in [6.07, 6.45) is 2.11. The SMILES string of the molecule is CCCNC(C)Cc1ccc(OCC(C)(C)C(=O)O)cc1. The van der Waals surface area contributed by atoms with Crippen molar-refractivity contribution in [1.82, 2.24) is 5.32 Å². The van der Waals surface area contributed by atoms with Crippen molar-refractivity contribution in [2.75, 3.05) is 13.2 Å². The predicted octanol–water partition coefficient (Wildman–Crippen LogP) is 3.11. The molecule has 21 heavy (non-hydrogen) atoms. The van der Waals surface area contributed by atoms with Gasteiger partial charge in [-0.25, -0.2) is 0 Å². The zero-order chi connectivity index (χ0) is 15.9. The highest BCUT2D eigenvalue weighted by Crippen LogP contribution is 2.19. The van der Waals surface area contributed by atoms with Gasteiger partial charge in [-0.2, -0.15) is 0 Å². The minimum Gasteiger partial charge on any atom is -0.492 e. The summed E-state index contributed by atoms with van der Waals surface area (Å²) >= 11 is 0. The first-order chi connectivity index (χ1) is 9.85. The van der Waals surface area contributed by atoms with Crippen LogP contribution in [0, 0.1) is 5.41 Å². The fourth-order valence-corrected chi connectivity index (χ4v) is 1.86. The third kappa shape index (κ3) is 6.17. The van der Waals surface area contributed by atoms with Gasteiger partial charge in [-0.15, -0.1) is 0 Å². The predicted molar refractivity (Wildman–Crippen MR) is 84.8 cm³/mol. The molecule has 1 aromatic rings. The molecule has 0 bridgehead atoms. The Labute approximate surface area is 127 Å². The standard InChI is InChI=1S/C17H27NO3/c1-5-10-18-13(2)11-14-6-8-15(9-7-14)21-12-17(3,4)16(19)20/h6-9,13,18H,5,10-12H2,1-4H3,(H,19,20). The van der Waals surface area contributed by atoms with Crippen molar-refractivity contribution in [2.45, 2.75) is 46.6 Å². The lowest BCUT2D eigenvalue weighted by atomic mass is 9.95. The lowest BCUT2D eigenvalue weighted by molar-refractivity contribution is -0.148. The first kappa shape index (κ1) is 17.5. The Morgan fingerprint density at radius 1 is 1.33 bits per heavy atom. The summed E-state index contributed by atoms with van der Waals surface area (Å²) in [6, 6.07) is 8.32. The van der Waals surface area contributed by atoms with Crippen LogP contribution in [0.1, 0.15) is 39.7 Å². The average Bonchev–Trinajstić information content (AvgIpc) is 2.44. The second-order valence-electron chi connectivity index (χ2n) is 6.18. The van der Waals surface area contributed by atoms with Crippen LogP contribution in [0.4, 0.5) is 0 Å². The van der Waals surface area contributed by atoms with E-state index >= 15 is 0 Å². The normalized spacial score (nSPS) is 13.0. The van der Waals surface area contributed by atoms with Gasteiger partial charge in [-0.3, -0.25) is 4.79 Å². The molecule has 118 valence electrons. The van der Waals surface area contributed by atoms with E-state index in [1.54, 1.807) is 13.8 Å². The smallest absolute Gasteiger partial charge is 0.312 e. The summed E-state index contributed by atoms with van der Waals surface area (Å²) < 4.78 is 5.56. The van der Waals surface area contributed by atoms with E-state index in [2.05, 4.69) is 19.2 Å². The third-order valence-electron chi connectivity index (χ3n) is 3.39. The van der Waals surface area contributed by atoms with Crippen LogP contribution in [0.15, 0.2) is 24.3 Å². The number of hydrogen-bond acceptors (Lipinski definition) is 3. The lowest BCUT2D eigenvalue weighted by Gasteiger charge is -2.19. The molecule has 0 aliphatic carbocycles. The third-order valence-corrected chi connectivity index (χ3v) is 3.39. The van der Waals surface area contributed by atoms with Gasteiger partial charge in [-0.1, -0.05) is 19.1 Å². The van der Waals surface area contributed by atoms with Crippen LogP contribution >= 0.6 is 0 Å². The van der Waals surface area contributed by atoms with E-state index in [9.17, 15) is 4.79 Å². The molecule has 0 heterocycles. The highest BCUT2D eigenvalue weighted by Gasteiger charge is 2.28. The van der Waals surface area contributed by atoms with Crippen LogP contribution < -0.4 is 10.1 Å². The Balaban J connectivity index is 2.49. The van der Waals surface area contributed by atoms with Crippen molar-refractivity contribution >= 4 is 5.97 Å². The molecule has 0 aliphatic rings. The van der Waals surface area contributed by atoms with E-state index in [0.29, 0.717) is 11.8 Å². The number of hydrogen-bond donors (Lipinski definition) is 2. The molecule has 0 fully saturated rings. The Morgan fingerprint density at radius 2 is 1.95 bits per heavy atom. The highest BCUT2D eigenvalue weighted by molar-refractivity contribution is 5.73. The van der Waals surface area contributed by atoms with Crippen molar-refractivity contribution < 1.29 is 14.6 Å². The van der Waals surface area contributed by atoms with Gasteiger partial charge in [0.25, 0.3) is 0 Å². The van der Waals surface area contributed by atoms with Crippen molar-refractivity contribution in [2.24, 2.45) is 5.41 Å². The molecule has 1 atom stereocenters. The number of benzene rings is 1. The van der Waals surface area contributed by atoms with E-state index in [1.807, 2.05) is 24.3 Å². The molecule has 0 saturated heterocycles. The van der Waals surface area contributed by atoms with Crippen LogP contribution in [0.3, 0.4) is 0 Å². The van der Waals surface area contributed by atoms with Crippen molar-refractivity contribution in [3.63, 3.8) is 0 Å². The molecule has 0 amide bonds. The lowest BCUT2D eigenvalue weighted by Crippen LogP contribution is -2.30. The molecule has 4 nitrogen and oxygen atoms in total. The monoisotopic (exact) mass is 293 g/mol. The van der Waals surface area contributed by atoms with Gasteiger partial charge in [0.1, 0.15) is 12.4 Å². The molecule has 1 rings (SSSR count). The summed E-state index contributed by atoms with van der Waals surface area (Å²) in [5, 5.41) is 12.5. The van der Waals surface area contributed by atoms with E-state index < -0.39 is 11.4 Å². The summed E-state index contributed by atoms with van der Waals surface area (Å²) in [4.78, 5) is 11.0. The quantitative estimate of drug-likeness (QED) is 0.734. The number of nitrogens with one attached hydrogen (secondary N) is 1. The maximum atomic E-state index is 11.0. The molecule has 1 aromatic carbocycles. The molecule has 0 aromatic heterocycles. The molecule has 0 aliphatic heterocycles. The number of aliphatic carboxylic acids is 1. The fraction of sp³-hybridized carbons (Fsp3) is 0.588. The summed E-state index contributed by atoms with van der Waals surface area (Å²) in [5.41, 5.74) is 0.369. The maximum absolute atomic E-state index is 11.0. The summed E-state index contributed by atoms with van der Waals surface area (Å²) in [5.74, 6) is -0.141. The van der Waals surface area contributed by atoms with E-state index in [1.165, 1.54) is 5.56 Å². The minimum absolute atomic E-state index is 0.163. The number of carbonyl (C=O) groups is 1. The second-order valence-corrected chi connectivity index (χ2v) is 6.18. The molecule has 0 spiro atoms. The largest absolute Gasteiger partial charge is 0.492 e. The molecule has 0 saturated carbocycles. The van der Waals surface area contributed by atoms with Gasteiger partial charge < -0.3 is 15.2 Å². The van der Waals surface area contributed by atoms with Crippen molar-refractivity contribution in [1.29, 1.82) is 0 Å². The van der Waals surface area contributed by atoms with Crippen molar-refractivity contribution in [3.8, 4) is 5.75 Å². The number of rotatable bonds is 9. The van der Waals surface area contributed by atoms with Crippen LogP contribution in [0.2, 0.25) is 0 Å². The molecule has 4 heteroatoms. The van der Waals surface area contributed by atoms with Gasteiger partial charge in [-0.05, 0) is 57.9 Å². The molecule has 1 unspecified atom stereocenters. The van der Waals surface area contributed by atoms with Gasteiger partial charge >= 0.3 is 5.97 Å². The highest BCUT2D eigenvalue weighted by atomic mass is 16.5. The number of carboxylic acid groups (broad SMARTS) is 1. The van der Waals surface area contributed by atoms with Gasteiger partial charge in [0.2, 0.25) is 0 Å². The minimum atomic E-state index is -0.878. The Hall–Kier alpha value is -1.55. The van der Waals surface area contributed by atoms with Crippen molar-refractivity contribution in [3.05, 3.63) is 29.8 Å². The average molecular weight is 293 g/mol. The van der Waals surface area contributed by atoms with Gasteiger partial charge in [0, 0.05) is 6.04 Å². The first-order valence-corrected chi connectivity index (χ1v) is 7.53. The summed E-state index contributed by atoms with van der Waals surface area (Å²) in [6.45, 7) is 8.85. The van der Waals surface area contributed by atoms with Gasteiger partial charge in [0.05, 0.1) is 5.41 Å². The van der Waals surface area contributed by atoms with E-state index in [-0.39, 0.29) is 6.61 Å². The van der Waals surface area contributed by atoms with E-state index in [4.69, 9.17) is 9.84 Å². The summed E-state index contributed by atoms with van der Waals surface area (Å²) in [7, 11) is 0. The van der Waals surface area contributed by atoms with Crippen LogP contribution in [0.25, 0.3) is 0 Å². The zero-order valence-electron chi connectivity index (χ0n) is 13.5. The fourth-order valence-electron chi connectivity index (χ4n) is 1.86.